The summed E-state index contributed by atoms with van der Waals surface area (Å²) in [5.74, 6) is 0.342. The Kier molecular flexibility index (Phi) is 1.84. The lowest BCUT2D eigenvalue weighted by Gasteiger charge is -2.02. The molecular formula is C8H6N6. The fourth-order valence-electron chi connectivity index (χ4n) is 1.07. The second kappa shape index (κ2) is 3.14. The van der Waals surface area contributed by atoms with E-state index in [4.69, 9.17) is 11.0 Å². The molecule has 14 heavy (non-hydrogen) atoms. The third-order valence-corrected chi connectivity index (χ3v) is 1.69. The lowest BCUT2D eigenvalue weighted by atomic mass is 10.2. The van der Waals surface area contributed by atoms with Crippen molar-refractivity contribution in [1.82, 2.24) is 20.0 Å². The van der Waals surface area contributed by atoms with Crippen LogP contribution in [0.3, 0.4) is 0 Å². The molecule has 2 aromatic heterocycles. The maximum absolute atomic E-state index is 8.82. The summed E-state index contributed by atoms with van der Waals surface area (Å²) in [6.07, 6.45) is 4.57. The summed E-state index contributed by atoms with van der Waals surface area (Å²) in [5, 5.41) is 16.2. The minimum atomic E-state index is 0.342. The third-order valence-electron chi connectivity index (χ3n) is 1.69. The molecule has 0 aliphatic carbocycles. The number of nitriles is 1. The second-order valence-electron chi connectivity index (χ2n) is 2.59. The molecule has 0 aromatic carbocycles. The summed E-state index contributed by atoms with van der Waals surface area (Å²) in [7, 11) is 0. The zero-order valence-corrected chi connectivity index (χ0v) is 7.12. The van der Waals surface area contributed by atoms with Crippen molar-refractivity contribution in [2.75, 3.05) is 5.73 Å². The van der Waals surface area contributed by atoms with Gasteiger partial charge in [0.2, 0.25) is 0 Å². The summed E-state index contributed by atoms with van der Waals surface area (Å²) in [4.78, 5) is 3.81. The molecular weight excluding hydrogens is 180 g/mol. The molecule has 6 nitrogen and oxygen atoms in total. The molecule has 0 aliphatic rings. The molecule has 6 heteroatoms. The van der Waals surface area contributed by atoms with E-state index >= 15 is 0 Å². The molecule has 0 saturated carbocycles. The number of hydrogen-bond donors (Lipinski definition) is 1. The highest BCUT2D eigenvalue weighted by atomic mass is 15.4. The molecule has 0 atom stereocenters. The fourth-order valence-corrected chi connectivity index (χ4v) is 1.07. The minimum Gasteiger partial charge on any atom is -0.384 e. The highest BCUT2D eigenvalue weighted by Crippen LogP contribution is 2.13. The Morgan fingerprint density at radius 2 is 2.36 bits per heavy atom. The summed E-state index contributed by atoms with van der Waals surface area (Å²) in [6, 6.07) is 3.58. The topological polar surface area (TPSA) is 93.4 Å². The Hall–Kier alpha value is -2.42. The van der Waals surface area contributed by atoms with Crippen LogP contribution in [0.2, 0.25) is 0 Å². The number of aromatic nitrogens is 4. The van der Waals surface area contributed by atoms with Crippen molar-refractivity contribution in [2.24, 2.45) is 0 Å². The van der Waals surface area contributed by atoms with Crippen LogP contribution in [0.5, 0.6) is 0 Å². The first-order chi connectivity index (χ1) is 6.81. The average Bonchev–Trinajstić information content (AvgIpc) is 2.70. The Morgan fingerprint density at radius 1 is 1.50 bits per heavy atom. The van der Waals surface area contributed by atoms with E-state index in [-0.39, 0.29) is 0 Å². The molecule has 2 aromatic rings. The molecule has 0 radical (unpaired) electrons. The van der Waals surface area contributed by atoms with Gasteiger partial charge < -0.3 is 5.73 Å². The Labute approximate surface area is 79.6 Å². The van der Waals surface area contributed by atoms with Gasteiger partial charge in [0.15, 0.2) is 0 Å². The van der Waals surface area contributed by atoms with Gasteiger partial charge in [0.1, 0.15) is 11.9 Å². The van der Waals surface area contributed by atoms with E-state index in [1.807, 2.05) is 6.07 Å². The van der Waals surface area contributed by atoms with Gasteiger partial charge in [0.05, 0.1) is 23.6 Å². The predicted molar refractivity (Wildman–Crippen MR) is 48.3 cm³/mol. The molecule has 0 spiro atoms. The number of nitrogens with two attached hydrogens (primary N) is 1. The van der Waals surface area contributed by atoms with Gasteiger partial charge in [-0.25, -0.2) is 9.67 Å². The maximum atomic E-state index is 8.82. The molecule has 0 saturated heterocycles. The van der Waals surface area contributed by atoms with Crippen molar-refractivity contribution in [2.45, 2.75) is 0 Å². The quantitative estimate of drug-likeness (QED) is 0.682. The van der Waals surface area contributed by atoms with Crippen molar-refractivity contribution >= 4 is 5.82 Å². The summed E-state index contributed by atoms with van der Waals surface area (Å²) < 4.78 is 1.47. The van der Waals surface area contributed by atoms with E-state index in [2.05, 4.69) is 15.3 Å². The monoisotopic (exact) mass is 186 g/mol. The largest absolute Gasteiger partial charge is 0.384 e. The number of hydrogen-bond acceptors (Lipinski definition) is 5. The van der Waals surface area contributed by atoms with E-state index in [1.54, 1.807) is 12.3 Å². The van der Waals surface area contributed by atoms with Gasteiger partial charge in [-0.3, -0.25) is 0 Å². The number of rotatable bonds is 1. The zero-order valence-electron chi connectivity index (χ0n) is 7.12. The molecule has 68 valence electrons. The van der Waals surface area contributed by atoms with E-state index < -0.39 is 0 Å². The van der Waals surface area contributed by atoms with Crippen LogP contribution in [-0.2, 0) is 0 Å². The highest BCUT2D eigenvalue weighted by molar-refractivity contribution is 5.52. The van der Waals surface area contributed by atoms with Gasteiger partial charge in [-0.1, -0.05) is 5.21 Å². The van der Waals surface area contributed by atoms with Gasteiger partial charge in [-0.05, 0) is 0 Å². The normalized spacial score (nSPS) is 9.64. The van der Waals surface area contributed by atoms with Crippen molar-refractivity contribution in [3.05, 3.63) is 30.2 Å². The maximum Gasteiger partial charge on any atom is 0.125 e. The zero-order chi connectivity index (χ0) is 9.97. The SMILES string of the molecule is N#Cc1cnc(N)cc1-n1ccnn1. The number of anilines is 1. The number of pyridine rings is 1. The van der Waals surface area contributed by atoms with Gasteiger partial charge in [0.25, 0.3) is 0 Å². The van der Waals surface area contributed by atoms with Gasteiger partial charge >= 0.3 is 0 Å². The van der Waals surface area contributed by atoms with E-state index in [0.29, 0.717) is 17.1 Å². The number of nitrogens with zero attached hydrogens (tertiary/aromatic N) is 5. The van der Waals surface area contributed by atoms with Gasteiger partial charge in [0, 0.05) is 12.3 Å². The third kappa shape index (κ3) is 1.27. The molecule has 0 amide bonds. The van der Waals surface area contributed by atoms with E-state index in [0.717, 1.165) is 0 Å². The van der Waals surface area contributed by atoms with Crippen molar-refractivity contribution in [3.8, 4) is 11.8 Å². The van der Waals surface area contributed by atoms with Crippen LogP contribution in [0.4, 0.5) is 5.82 Å². The second-order valence-corrected chi connectivity index (χ2v) is 2.59. The minimum absolute atomic E-state index is 0.342. The van der Waals surface area contributed by atoms with Crippen LogP contribution >= 0.6 is 0 Å². The smallest absolute Gasteiger partial charge is 0.125 e. The predicted octanol–water partition coefficient (Wildman–Crippen LogP) is 0.116. The lowest BCUT2D eigenvalue weighted by Crippen LogP contribution is -2.01. The first kappa shape index (κ1) is 8.19. The Bertz CT molecular complexity index is 481. The fraction of sp³-hybridized carbons (Fsp3) is 0. The Morgan fingerprint density at radius 3 is 3.00 bits per heavy atom. The van der Waals surface area contributed by atoms with Crippen molar-refractivity contribution in [3.63, 3.8) is 0 Å². The number of nitrogen functional groups attached to an aromatic ring is 1. The van der Waals surface area contributed by atoms with Crippen molar-refractivity contribution in [1.29, 1.82) is 5.26 Å². The van der Waals surface area contributed by atoms with Crippen LogP contribution < -0.4 is 5.73 Å². The van der Waals surface area contributed by atoms with Crippen LogP contribution in [0.25, 0.3) is 5.69 Å². The van der Waals surface area contributed by atoms with E-state index in [1.165, 1.54) is 17.1 Å². The lowest BCUT2D eigenvalue weighted by molar-refractivity contribution is 0.800. The van der Waals surface area contributed by atoms with Gasteiger partial charge in [-0.15, -0.1) is 5.10 Å². The molecule has 0 unspecified atom stereocenters. The standard InChI is InChI=1S/C8H6N6/c9-4-6-5-11-8(10)3-7(6)14-2-1-12-13-14/h1-3,5H,(H2,10,11). The van der Waals surface area contributed by atoms with Crippen molar-refractivity contribution < 1.29 is 0 Å². The molecule has 0 aliphatic heterocycles. The van der Waals surface area contributed by atoms with Crippen LogP contribution in [0.15, 0.2) is 24.7 Å². The van der Waals surface area contributed by atoms with Crippen LogP contribution in [0, 0.1) is 11.3 Å². The first-order valence-corrected chi connectivity index (χ1v) is 3.83. The molecule has 0 bridgehead atoms. The highest BCUT2D eigenvalue weighted by Gasteiger charge is 2.05. The summed E-state index contributed by atoms with van der Waals surface area (Å²) in [5.41, 5.74) is 6.49. The summed E-state index contributed by atoms with van der Waals surface area (Å²) >= 11 is 0. The average molecular weight is 186 g/mol. The molecule has 2 N–H and O–H groups in total. The van der Waals surface area contributed by atoms with Crippen LogP contribution in [0.1, 0.15) is 5.56 Å². The summed E-state index contributed by atoms with van der Waals surface area (Å²) in [6.45, 7) is 0. The molecule has 0 fully saturated rings. The van der Waals surface area contributed by atoms with Gasteiger partial charge in [-0.2, -0.15) is 5.26 Å². The first-order valence-electron chi connectivity index (χ1n) is 3.83. The van der Waals surface area contributed by atoms with Crippen LogP contribution in [-0.4, -0.2) is 20.0 Å². The molecule has 2 rings (SSSR count). The van der Waals surface area contributed by atoms with E-state index in [9.17, 15) is 0 Å². The Balaban J connectivity index is 2.63. The molecule has 2 heterocycles.